The van der Waals surface area contributed by atoms with Gasteiger partial charge in [-0.05, 0) is 0 Å². The zero-order valence-electron chi connectivity index (χ0n) is 11.5. The van der Waals surface area contributed by atoms with Gasteiger partial charge < -0.3 is 18.9 Å². The molecule has 10 heteroatoms. The molecule has 0 saturated heterocycles. The predicted octanol–water partition coefficient (Wildman–Crippen LogP) is 1.10. The second kappa shape index (κ2) is 10.2. The lowest BCUT2D eigenvalue weighted by Crippen LogP contribution is -2.13. The number of halogens is 1. The first-order chi connectivity index (χ1) is 10.2. The molecule has 0 fully saturated rings. The van der Waals surface area contributed by atoms with Gasteiger partial charge in [0, 0.05) is 7.11 Å². The van der Waals surface area contributed by atoms with Crippen molar-refractivity contribution in [1.82, 2.24) is 9.97 Å². The number of ether oxygens (including phenoxy) is 4. The molecule has 0 aliphatic heterocycles. The molecule has 21 heavy (non-hydrogen) atoms. The minimum absolute atomic E-state index is 0.103. The molecule has 1 aromatic heterocycles. The molecule has 9 nitrogen and oxygen atoms in total. The zero-order chi connectivity index (χ0) is 15.5. The summed E-state index contributed by atoms with van der Waals surface area (Å²) in [6.07, 6.45) is 1.09. The molecule has 0 amide bonds. The molecule has 0 unspecified atom stereocenters. The van der Waals surface area contributed by atoms with E-state index in [1.54, 1.807) is 7.11 Å². The SMILES string of the molecule is COCCOCCOCCOc1ncnc(Cl)c1[N+](=O)[O-]. The molecule has 0 spiro atoms. The first kappa shape index (κ1) is 17.5. The van der Waals surface area contributed by atoms with Crippen LogP contribution < -0.4 is 4.74 Å². The van der Waals surface area contributed by atoms with Gasteiger partial charge in [0.05, 0.1) is 38.0 Å². The van der Waals surface area contributed by atoms with Gasteiger partial charge >= 0.3 is 5.69 Å². The maximum Gasteiger partial charge on any atom is 0.367 e. The Morgan fingerprint density at radius 1 is 1.14 bits per heavy atom. The van der Waals surface area contributed by atoms with Gasteiger partial charge in [-0.25, -0.2) is 4.98 Å². The average Bonchev–Trinajstić information content (AvgIpc) is 2.45. The molecule has 0 N–H and O–H groups in total. The number of nitrogens with zero attached hydrogens (tertiary/aromatic N) is 3. The van der Waals surface area contributed by atoms with Crippen LogP contribution in [-0.4, -0.2) is 61.6 Å². The van der Waals surface area contributed by atoms with Crippen molar-refractivity contribution < 1.29 is 23.9 Å². The molecule has 0 saturated carbocycles. The summed E-state index contributed by atoms with van der Waals surface area (Å²) in [6.45, 7) is 2.20. The van der Waals surface area contributed by atoms with E-state index in [0.29, 0.717) is 26.4 Å². The first-order valence-electron chi connectivity index (χ1n) is 6.09. The van der Waals surface area contributed by atoms with E-state index in [0.717, 1.165) is 6.33 Å². The monoisotopic (exact) mass is 321 g/mol. The molecule has 118 valence electrons. The highest BCUT2D eigenvalue weighted by Crippen LogP contribution is 2.29. The zero-order valence-corrected chi connectivity index (χ0v) is 12.2. The van der Waals surface area contributed by atoms with Crippen molar-refractivity contribution in [2.45, 2.75) is 0 Å². The summed E-state index contributed by atoms with van der Waals surface area (Å²) < 4.78 is 20.4. The largest absolute Gasteiger partial charge is 0.470 e. The summed E-state index contributed by atoms with van der Waals surface area (Å²) in [7, 11) is 1.59. The van der Waals surface area contributed by atoms with Crippen LogP contribution >= 0.6 is 11.6 Å². The van der Waals surface area contributed by atoms with Crippen LogP contribution in [0.2, 0.25) is 5.15 Å². The summed E-state index contributed by atoms with van der Waals surface area (Å²) in [5, 5.41) is 10.5. The van der Waals surface area contributed by atoms with E-state index in [1.165, 1.54) is 0 Å². The van der Waals surface area contributed by atoms with Gasteiger partial charge in [-0.15, -0.1) is 0 Å². The van der Waals surface area contributed by atoms with Crippen LogP contribution in [0.15, 0.2) is 6.33 Å². The van der Waals surface area contributed by atoms with Crippen molar-refractivity contribution in [3.63, 3.8) is 0 Å². The van der Waals surface area contributed by atoms with Crippen molar-refractivity contribution >= 4 is 17.3 Å². The van der Waals surface area contributed by atoms with Gasteiger partial charge in [0.15, 0.2) is 0 Å². The van der Waals surface area contributed by atoms with Gasteiger partial charge in [-0.3, -0.25) is 10.1 Å². The third kappa shape index (κ3) is 6.63. The Hall–Kier alpha value is -1.55. The maximum absolute atomic E-state index is 10.8. The van der Waals surface area contributed by atoms with Gasteiger partial charge in [0.1, 0.15) is 12.9 Å². The minimum Gasteiger partial charge on any atom is -0.470 e. The van der Waals surface area contributed by atoms with E-state index in [2.05, 4.69) is 9.97 Å². The lowest BCUT2D eigenvalue weighted by atomic mass is 10.5. The summed E-state index contributed by atoms with van der Waals surface area (Å²) >= 11 is 5.62. The molecule has 0 aliphatic carbocycles. The first-order valence-corrected chi connectivity index (χ1v) is 6.46. The average molecular weight is 322 g/mol. The molecular weight excluding hydrogens is 306 g/mol. The van der Waals surface area contributed by atoms with Crippen LogP contribution in [0.25, 0.3) is 0 Å². The highest BCUT2D eigenvalue weighted by Gasteiger charge is 2.22. The van der Waals surface area contributed by atoms with Crippen molar-refractivity contribution in [3.05, 3.63) is 21.6 Å². The van der Waals surface area contributed by atoms with Crippen LogP contribution in [-0.2, 0) is 14.2 Å². The van der Waals surface area contributed by atoms with Crippen LogP contribution in [0.4, 0.5) is 5.69 Å². The molecule has 0 aromatic carbocycles. The second-order valence-corrected chi connectivity index (χ2v) is 4.00. The Morgan fingerprint density at radius 3 is 2.38 bits per heavy atom. The normalized spacial score (nSPS) is 10.6. The van der Waals surface area contributed by atoms with Crippen molar-refractivity contribution in [2.75, 3.05) is 46.8 Å². The number of rotatable bonds is 11. The number of aromatic nitrogens is 2. The molecule has 0 aliphatic rings. The summed E-state index contributed by atoms with van der Waals surface area (Å²) in [6, 6.07) is 0. The Balaban J connectivity index is 2.21. The van der Waals surface area contributed by atoms with Crippen molar-refractivity contribution in [2.24, 2.45) is 0 Å². The highest BCUT2D eigenvalue weighted by molar-refractivity contribution is 6.31. The van der Waals surface area contributed by atoms with Gasteiger partial charge in [-0.1, -0.05) is 11.6 Å². The van der Waals surface area contributed by atoms with Gasteiger partial charge in [0.25, 0.3) is 5.88 Å². The van der Waals surface area contributed by atoms with E-state index in [9.17, 15) is 10.1 Å². The Labute approximate surface area is 126 Å². The number of methoxy groups -OCH3 is 1. The topological polar surface area (TPSA) is 106 Å². The van der Waals surface area contributed by atoms with Crippen LogP contribution in [0.3, 0.4) is 0 Å². The third-order valence-corrected chi connectivity index (χ3v) is 2.47. The fourth-order valence-corrected chi connectivity index (χ4v) is 1.46. The molecule has 1 aromatic rings. The van der Waals surface area contributed by atoms with E-state index in [1.807, 2.05) is 0 Å². The quantitative estimate of drug-likeness (QED) is 0.258. The minimum atomic E-state index is -0.692. The fraction of sp³-hybridized carbons (Fsp3) is 0.636. The van der Waals surface area contributed by atoms with Crippen LogP contribution in [0.1, 0.15) is 0 Å². The highest BCUT2D eigenvalue weighted by atomic mass is 35.5. The number of nitro groups is 1. The maximum atomic E-state index is 10.8. The van der Waals surface area contributed by atoms with Crippen molar-refractivity contribution in [3.8, 4) is 5.88 Å². The molecule has 0 bridgehead atoms. The smallest absolute Gasteiger partial charge is 0.367 e. The Kier molecular flexibility index (Phi) is 8.51. The molecular formula is C11H16ClN3O6. The third-order valence-electron chi connectivity index (χ3n) is 2.20. The van der Waals surface area contributed by atoms with E-state index in [4.69, 9.17) is 30.5 Å². The van der Waals surface area contributed by atoms with Crippen LogP contribution in [0.5, 0.6) is 5.88 Å². The Bertz CT molecular complexity index is 448. The van der Waals surface area contributed by atoms with Gasteiger partial charge in [-0.2, -0.15) is 4.98 Å². The van der Waals surface area contributed by atoms with Crippen molar-refractivity contribution in [1.29, 1.82) is 0 Å². The molecule has 0 atom stereocenters. The number of hydrogen-bond acceptors (Lipinski definition) is 8. The van der Waals surface area contributed by atoms with Crippen LogP contribution in [0, 0.1) is 10.1 Å². The standard InChI is InChI=1S/C11H16ClN3O6/c1-18-2-3-19-4-5-20-6-7-21-11-9(15(16)17)10(12)13-8-14-11/h8H,2-7H2,1H3. The fourth-order valence-electron chi connectivity index (χ4n) is 1.26. The summed E-state index contributed by atoms with van der Waals surface area (Å²) in [4.78, 5) is 17.3. The van der Waals surface area contributed by atoms with Gasteiger partial charge in [0.2, 0.25) is 5.15 Å². The van der Waals surface area contributed by atoms with E-state index >= 15 is 0 Å². The number of hydrogen-bond donors (Lipinski definition) is 0. The predicted molar refractivity (Wildman–Crippen MR) is 72.7 cm³/mol. The second-order valence-electron chi connectivity index (χ2n) is 3.64. The Morgan fingerprint density at radius 2 is 1.76 bits per heavy atom. The summed E-state index contributed by atoms with van der Waals surface area (Å²) in [5.41, 5.74) is -0.456. The van der Waals surface area contributed by atoms with E-state index in [-0.39, 0.29) is 24.2 Å². The lowest BCUT2D eigenvalue weighted by molar-refractivity contribution is -0.386. The molecule has 0 radical (unpaired) electrons. The lowest BCUT2D eigenvalue weighted by Gasteiger charge is -2.07. The molecule has 1 rings (SSSR count). The molecule has 1 heterocycles. The van der Waals surface area contributed by atoms with E-state index < -0.39 is 10.6 Å². The summed E-state index contributed by atoms with van der Waals surface area (Å²) in [5.74, 6) is -0.181.